The summed E-state index contributed by atoms with van der Waals surface area (Å²) in [4.78, 5) is 3.94. The molecule has 0 amide bonds. The molecule has 0 radical (unpaired) electrons. The Morgan fingerprint density at radius 2 is 1.82 bits per heavy atom. The van der Waals surface area contributed by atoms with Crippen LogP contribution in [0, 0.1) is 0 Å². The molecule has 1 aliphatic rings. The second-order valence-electron chi connectivity index (χ2n) is 4.75. The van der Waals surface area contributed by atoms with E-state index in [0.717, 1.165) is 18.5 Å². The van der Waals surface area contributed by atoms with Crippen molar-refractivity contribution < 1.29 is 0 Å². The minimum atomic E-state index is -0.110. The van der Waals surface area contributed by atoms with Crippen LogP contribution in [0.15, 0.2) is 36.9 Å². The fourth-order valence-electron chi connectivity index (χ4n) is 2.58. The molecule has 1 fully saturated rings. The summed E-state index contributed by atoms with van der Waals surface area (Å²) in [5.41, 5.74) is 8.56. The molecule has 0 spiro atoms. The molecular weight excluding hydrogens is 212 g/mol. The molecule has 4 heteroatoms. The van der Waals surface area contributed by atoms with Gasteiger partial charge in [0.25, 0.3) is 0 Å². The molecule has 0 saturated heterocycles. The SMILES string of the molecule is NC1(c2ccc(-n3cncn3)cc2)CCCC1. The Morgan fingerprint density at radius 3 is 2.41 bits per heavy atom. The Morgan fingerprint density at radius 1 is 1.12 bits per heavy atom. The third kappa shape index (κ3) is 1.85. The van der Waals surface area contributed by atoms with Crippen LogP contribution < -0.4 is 5.73 Å². The van der Waals surface area contributed by atoms with Crippen molar-refractivity contribution >= 4 is 0 Å². The van der Waals surface area contributed by atoms with Gasteiger partial charge in [-0.25, -0.2) is 9.67 Å². The van der Waals surface area contributed by atoms with Crippen molar-refractivity contribution in [2.75, 3.05) is 0 Å². The third-order valence-corrected chi connectivity index (χ3v) is 3.62. The first-order valence-electron chi connectivity index (χ1n) is 6.02. The van der Waals surface area contributed by atoms with Crippen molar-refractivity contribution in [3.8, 4) is 5.69 Å². The molecule has 1 aromatic heterocycles. The molecule has 4 nitrogen and oxygen atoms in total. The Hall–Kier alpha value is -1.68. The molecule has 1 saturated carbocycles. The second kappa shape index (κ2) is 3.96. The van der Waals surface area contributed by atoms with E-state index in [1.807, 2.05) is 0 Å². The maximum atomic E-state index is 6.41. The molecule has 1 aliphatic carbocycles. The number of hydrogen-bond acceptors (Lipinski definition) is 3. The largest absolute Gasteiger partial charge is 0.321 e. The van der Waals surface area contributed by atoms with E-state index in [2.05, 4.69) is 34.3 Å². The third-order valence-electron chi connectivity index (χ3n) is 3.62. The molecule has 0 bridgehead atoms. The number of nitrogens with zero attached hydrogens (tertiary/aromatic N) is 3. The summed E-state index contributed by atoms with van der Waals surface area (Å²) < 4.78 is 1.75. The number of nitrogens with two attached hydrogens (primary N) is 1. The Kier molecular flexibility index (Phi) is 2.44. The second-order valence-corrected chi connectivity index (χ2v) is 4.75. The van der Waals surface area contributed by atoms with Crippen LogP contribution in [0.5, 0.6) is 0 Å². The lowest BCUT2D eigenvalue weighted by Crippen LogP contribution is -2.32. The number of benzene rings is 1. The zero-order valence-electron chi connectivity index (χ0n) is 9.71. The lowest BCUT2D eigenvalue weighted by atomic mass is 9.89. The molecule has 2 N–H and O–H groups in total. The molecule has 88 valence electrons. The monoisotopic (exact) mass is 228 g/mol. The van der Waals surface area contributed by atoms with Crippen LogP contribution in [-0.4, -0.2) is 14.8 Å². The summed E-state index contributed by atoms with van der Waals surface area (Å²) in [6.07, 6.45) is 7.89. The molecule has 0 unspecified atom stereocenters. The predicted octanol–water partition coefficient (Wildman–Crippen LogP) is 2.00. The quantitative estimate of drug-likeness (QED) is 0.855. The van der Waals surface area contributed by atoms with E-state index >= 15 is 0 Å². The van der Waals surface area contributed by atoms with Crippen LogP contribution in [0.25, 0.3) is 5.69 Å². The van der Waals surface area contributed by atoms with Crippen LogP contribution >= 0.6 is 0 Å². The van der Waals surface area contributed by atoms with Crippen LogP contribution in [0.4, 0.5) is 0 Å². The number of rotatable bonds is 2. The van der Waals surface area contributed by atoms with E-state index < -0.39 is 0 Å². The maximum absolute atomic E-state index is 6.41. The minimum Gasteiger partial charge on any atom is -0.321 e. The van der Waals surface area contributed by atoms with Gasteiger partial charge in [-0.2, -0.15) is 5.10 Å². The van der Waals surface area contributed by atoms with Crippen LogP contribution in [0.2, 0.25) is 0 Å². The van der Waals surface area contributed by atoms with Crippen molar-refractivity contribution in [3.63, 3.8) is 0 Å². The molecule has 1 aromatic carbocycles. The van der Waals surface area contributed by atoms with Gasteiger partial charge in [0.15, 0.2) is 0 Å². The van der Waals surface area contributed by atoms with Gasteiger partial charge in [0.2, 0.25) is 0 Å². The highest BCUT2D eigenvalue weighted by atomic mass is 15.3. The normalized spacial score (nSPS) is 18.4. The van der Waals surface area contributed by atoms with E-state index in [9.17, 15) is 0 Å². The summed E-state index contributed by atoms with van der Waals surface area (Å²) in [6.45, 7) is 0. The summed E-state index contributed by atoms with van der Waals surface area (Å²) in [6, 6.07) is 8.33. The first-order valence-corrected chi connectivity index (χ1v) is 6.02. The van der Waals surface area contributed by atoms with Gasteiger partial charge in [-0.05, 0) is 30.5 Å². The summed E-state index contributed by atoms with van der Waals surface area (Å²) in [7, 11) is 0. The van der Waals surface area contributed by atoms with Gasteiger partial charge in [-0.1, -0.05) is 25.0 Å². The van der Waals surface area contributed by atoms with Gasteiger partial charge >= 0.3 is 0 Å². The molecule has 0 aliphatic heterocycles. The van der Waals surface area contributed by atoms with Crippen LogP contribution in [0.3, 0.4) is 0 Å². The molecule has 3 rings (SSSR count). The molecule has 2 aromatic rings. The average Bonchev–Trinajstić information content (AvgIpc) is 3.01. The van der Waals surface area contributed by atoms with Crippen molar-refractivity contribution in [2.24, 2.45) is 5.73 Å². The van der Waals surface area contributed by atoms with E-state index in [1.165, 1.54) is 24.7 Å². The highest BCUT2D eigenvalue weighted by Gasteiger charge is 2.30. The van der Waals surface area contributed by atoms with E-state index in [0.29, 0.717) is 0 Å². The van der Waals surface area contributed by atoms with Gasteiger partial charge in [-0.15, -0.1) is 0 Å². The van der Waals surface area contributed by atoms with E-state index in [4.69, 9.17) is 5.73 Å². The zero-order valence-corrected chi connectivity index (χ0v) is 9.71. The first kappa shape index (κ1) is 10.5. The van der Waals surface area contributed by atoms with Crippen molar-refractivity contribution in [1.29, 1.82) is 0 Å². The van der Waals surface area contributed by atoms with Crippen LogP contribution in [0.1, 0.15) is 31.2 Å². The maximum Gasteiger partial charge on any atom is 0.138 e. The van der Waals surface area contributed by atoms with Crippen molar-refractivity contribution in [1.82, 2.24) is 14.8 Å². The topological polar surface area (TPSA) is 56.7 Å². The fourth-order valence-corrected chi connectivity index (χ4v) is 2.58. The van der Waals surface area contributed by atoms with Gasteiger partial charge in [0, 0.05) is 5.54 Å². The van der Waals surface area contributed by atoms with E-state index in [1.54, 1.807) is 11.0 Å². The standard InChI is InChI=1S/C13H16N4/c14-13(7-1-2-8-13)11-3-5-12(6-4-11)17-10-15-9-16-17/h3-6,9-10H,1-2,7-8,14H2. The average molecular weight is 228 g/mol. The minimum absolute atomic E-state index is 0.110. The molecule has 17 heavy (non-hydrogen) atoms. The van der Waals surface area contributed by atoms with Gasteiger partial charge in [-0.3, -0.25) is 0 Å². The van der Waals surface area contributed by atoms with Gasteiger partial charge < -0.3 is 5.73 Å². The Labute approximate surface area is 100 Å². The van der Waals surface area contributed by atoms with Crippen molar-refractivity contribution in [2.45, 2.75) is 31.2 Å². The molecular formula is C13H16N4. The van der Waals surface area contributed by atoms with E-state index in [-0.39, 0.29) is 5.54 Å². The molecule has 0 atom stereocenters. The first-order chi connectivity index (χ1) is 8.28. The predicted molar refractivity (Wildman–Crippen MR) is 65.7 cm³/mol. The Bertz CT molecular complexity index is 481. The van der Waals surface area contributed by atoms with Gasteiger partial charge in [0.05, 0.1) is 5.69 Å². The number of aromatic nitrogens is 3. The Balaban J connectivity index is 1.90. The zero-order chi connectivity index (χ0) is 11.7. The lowest BCUT2D eigenvalue weighted by molar-refractivity contribution is 0.461. The van der Waals surface area contributed by atoms with Crippen LogP contribution in [-0.2, 0) is 5.54 Å². The highest BCUT2D eigenvalue weighted by molar-refractivity contribution is 5.36. The lowest BCUT2D eigenvalue weighted by Gasteiger charge is -2.24. The summed E-state index contributed by atoms with van der Waals surface area (Å²) in [5, 5.41) is 4.11. The number of hydrogen-bond donors (Lipinski definition) is 1. The van der Waals surface area contributed by atoms with Gasteiger partial charge in [0.1, 0.15) is 12.7 Å². The smallest absolute Gasteiger partial charge is 0.138 e. The highest BCUT2D eigenvalue weighted by Crippen LogP contribution is 2.36. The van der Waals surface area contributed by atoms with Crippen molar-refractivity contribution in [3.05, 3.63) is 42.5 Å². The fraction of sp³-hybridized carbons (Fsp3) is 0.385. The summed E-state index contributed by atoms with van der Waals surface area (Å²) in [5.74, 6) is 0. The molecule has 1 heterocycles. The summed E-state index contributed by atoms with van der Waals surface area (Å²) >= 11 is 0.